The van der Waals surface area contributed by atoms with Crippen LogP contribution in [0.15, 0.2) is 18.2 Å². The molecule has 0 radical (unpaired) electrons. The molecule has 0 heterocycles. The van der Waals surface area contributed by atoms with Gasteiger partial charge in [-0.2, -0.15) is 0 Å². The Hall–Kier alpha value is -1.45. The monoisotopic (exact) mass is 267 g/mol. The van der Waals surface area contributed by atoms with E-state index in [2.05, 4.69) is 19.2 Å². The first-order valence-corrected chi connectivity index (χ1v) is 6.75. The molecular weight excluding hydrogens is 248 g/mol. The summed E-state index contributed by atoms with van der Waals surface area (Å²) in [6.45, 7) is 4.28. The van der Waals surface area contributed by atoms with E-state index in [9.17, 15) is 13.6 Å². The molecule has 104 valence electrons. The maximum Gasteiger partial charge on any atom is 0.254 e. The van der Waals surface area contributed by atoms with Gasteiger partial charge in [0.15, 0.2) is 0 Å². The molecule has 0 aliphatic heterocycles. The number of rotatable bonds is 2. The van der Waals surface area contributed by atoms with Crippen LogP contribution in [-0.4, -0.2) is 11.9 Å². The normalized spacial score (nSPS) is 27.1. The van der Waals surface area contributed by atoms with Crippen molar-refractivity contribution < 1.29 is 13.6 Å². The van der Waals surface area contributed by atoms with Crippen LogP contribution in [0.1, 0.15) is 43.5 Å². The molecule has 1 saturated carbocycles. The van der Waals surface area contributed by atoms with Crippen LogP contribution in [0, 0.1) is 23.5 Å². The molecule has 2 rings (SSSR count). The Kier molecular flexibility index (Phi) is 4.17. The SMILES string of the molecule is C[C@@H]1[C@@H](NC(=O)c2ccc(F)cc2F)CCC[C@@H]1C. The molecule has 0 bridgehead atoms. The lowest BCUT2D eigenvalue weighted by molar-refractivity contribution is 0.0887. The summed E-state index contributed by atoms with van der Waals surface area (Å²) in [4.78, 5) is 12.0. The van der Waals surface area contributed by atoms with Gasteiger partial charge in [-0.1, -0.05) is 26.7 Å². The van der Waals surface area contributed by atoms with Crippen molar-refractivity contribution >= 4 is 5.91 Å². The molecule has 1 aliphatic carbocycles. The fourth-order valence-electron chi connectivity index (χ4n) is 2.71. The van der Waals surface area contributed by atoms with Crippen molar-refractivity contribution in [1.29, 1.82) is 0 Å². The molecule has 0 unspecified atom stereocenters. The predicted molar refractivity (Wildman–Crippen MR) is 69.8 cm³/mol. The minimum Gasteiger partial charge on any atom is -0.349 e. The van der Waals surface area contributed by atoms with E-state index in [-0.39, 0.29) is 11.6 Å². The zero-order valence-corrected chi connectivity index (χ0v) is 11.2. The molecule has 1 aliphatic rings. The van der Waals surface area contributed by atoms with E-state index in [4.69, 9.17) is 0 Å². The van der Waals surface area contributed by atoms with Crippen LogP contribution in [0.2, 0.25) is 0 Å². The van der Waals surface area contributed by atoms with Gasteiger partial charge in [0.05, 0.1) is 5.56 Å². The molecule has 0 saturated heterocycles. The first-order chi connectivity index (χ1) is 8.99. The van der Waals surface area contributed by atoms with Gasteiger partial charge >= 0.3 is 0 Å². The van der Waals surface area contributed by atoms with Gasteiger partial charge in [-0.25, -0.2) is 8.78 Å². The topological polar surface area (TPSA) is 29.1 Å². The van der Waals surface area contributed by atoms with Crippen molar-refractivity contribution in [2.24, 2.45) is 11.8 Å². The number of benzene rings is 1. The van der Waals surface area contributed by atoms with Gasteiger partial charge in [0.1, 0.15) is 11.6 Å². The number of carbonyl (C=O) groups excluding carboxylic acids is 1. The zero-order valence-electron chi connectivity index (χ0n) is 11.2. The largest absolute Gasteiger partial charge is 0.349 e. The molecular formula is C15H19F2NO. The van der Waals surface area contributed by atoms with E-state index in [0.29, 0.717) is 11.8 Å². The van der Waals surface area contributed by atoms with Gasteiger partial charge in [0, 0.05) is 12.1 Å². The summed E-state index contributed by atoms with van der Waals surface area (Å²) in [5.41, 5.74) is -0.0909. The Morgan fingerprint density at radius 1 is 1.26 bits per heavy atom. The highest BCUT2D eigenvalue weighted by Crippen LogP contribution is 2.29. The molecule has 1 aromatic rings. The lowest BCUT2D eigenvalue weighted by atomic mass is 9.78. The smallest absolute Gasteiger partial charge is 0.254 e. The average Bonchev–Trinajstić information content (AvgIpc) is 2.34. The second kappa shape index (κ2) is 5.68. The highest BCUT2D eigenvalue weighted by molar-refractivity contribution is 5.94. The average molecular weight is 267 g/mol. The van der Waals surface area contributed by atoms with E-state index < -0.39 is 17.5 Å². The van der Waals surface area contributed by atoms with Crippen LogP contribution >= 0.6 is 0 Å². The third kappa shape index (κ3) is 3.11. The first kappa shape index (κ1) is 14.0. The Bertz CT molecular complexity index is 475. The summed E-state index contributed by atoms with van der Waals surface area (Å²) in [7, 11) is 0. The fraction of sp³-hybridized carbons (Fsp3) is 0.533. The van der Waals surface area contributed by atoms with Crippen LogP contribution in [0.3, 0.4) is 0 Å². The van der Waals surface area contributed by atoms with Crippen molar-refractivity contribution in [1.82, 2.24) is 5.32 Å². The van der Waals surface area contributed by atoms with Crippen LogP contribution in [0.4, 0.5) is 8.78 Å². The maximum atomic E-state index is 13.5. The summed E-state index contributed by atoms with van der Waals surface area (Å²) in [5, 5.41) is 2.87. The minimum atomic E-state index is -0.811. The second-order valence-electron chi connectivity index (χ2n) is 5.47. The first-order valence-electron chi connectivity index (χ1n) is 6.75. The molecule has 3 atom stereocenters. The third-order valence-electron chi connectivity index (χ3n) is 4.20. The maximum absolute atomic E-state index is 13.5. The summed E-state index contributed by atoms with van der Waals surface area (Å²) in [5.74, 6) is -1.01. The van der Waals surface area contributed by atoms with E-state index >= 15 is 0 Å². The highest BCUT2D eigenvalue weighted by atomic mass is 19.1. The molecule has 1 fully saturated rings. The van der Waals surface area contributed by atoms with E-state index in [1.807, 2.05) is 0 Å². The molecule has 0 aromatic heterocycles. The van der Waals surface area contributed by atoms with E-state index in [0.717, 1.165) is 25.0 Å². The lowest BCUT2D eigenvalue weighted by Crippen LogP contribution is -2.43. The van der Waals surface area contributed by atoms with Gasteiger partial charge in [0.25, 0.3) is 5.91 Å². The quantitative estimate of drug-likeness (QED) is 0.872. The highest BCUT2D eigenvalue weighted by Gasteiger charge is 2.28. The standard InChI is InChI=1S/C15H19F2NO/c1-9-4-3-5-14(10(9)2)18-15(19)12-7-6-11(16)8-13(12)17/h6-10,14H,3-5H2,1-2H3,(H,18,19)/t9-,10-,14-/m0/s1. The number of halogens is 2. The van der Waals surface area contributed by atoms with Crippen molar-refractivity contribution in [3.8, 4) is 0 Å². The summed E-state index contributed by atoms with van der Waals surface area (Å²) < 4.78 is 26.3. The van der Waals surface area contributed by atoms with Crippen molar-refractivity contribution in [3.05, 3.63) is 35.4 Å². The third-order valence-corrected chi connectivity index (χ3v) is 4.20. The van der Waals surface area contributed by atoms with E-state index in [1.54, 1.807) is 0 Å². The second-order valence-corrected chi connectivity index (χ2v) is 5.47. The fourth-order valence-corrected chi connectivity index (χ4v) is 2.71. The molecule has 1 aromatic carbocycles. The van der Waals surface area contributed by atoms with Crippen molar-refractivity contribution in [3.63, 3.8) is 0 Å². The number of hydrogen-bond donors (Lipinski definition) is 1. The van der Waals surface area contributed by atoms with Gasteiger partial charge < -0.3 is 5.32 Å². The Balaban J connectivity index is 2.08. The van der Waals surface area contributed by atoms with Crippen molar-refractivity contribution in [2.45, 2.75) is 39.2 Å². The predicted octanol–water partition coefficient (Wildman–Crippen LogP) is 3.52. The van der Waals surface area contributed by atoms with Gasteiger partial charge in [-0.05, 0) is 30.4 Å². The Morgan fingerprint density at radius 2 is 2.00 bits per heavy atom. The Labute approximate surface area is 112 Å². The van der Waals surface area contributed by atoms with Gasteiger partial charge in [-0.3, -0.25) is 4.79 Å². The Morgan fingerprint density at radius 3 is 2.68 bits per heavy atom. The number of amides is 1. The van der Waals surface area contributed by atoms with Gasteiger partial charge in [0.2, 0.25) is 0 Å². The zero-order chi connectivity index (χ0) is 14.0. The summed E-state index contributed by atoms with van der Waals surface area (Å²) in [6.07, 6.45) is 3.15. The molecule has 0 spiro atoms. The number of carbonyl (C=O) groups is 1. The molecule has 2 nitrogen and oxygen atoms in total. The van der Waals surface area contributed by atoms with Crippen molar-refractivity contribution in [2.75, 3.05) is 0 Å². The summed E-state index contributed by atoms with van der Waals surface area (Å²) in [6, 6.07) is 3.10. The van der Waals surface area contributed by atoms with Crippen LogP contribution < -0.4 is 5.32 Å². The van der Waals surface area contributed by atoms with Crippen LogP contribution in [0.5, 0.6) is 0 Å². The van der Waals surface area contributed by atoms with E-state index in [1.165, 1.54) is 12.5 Å². The molecule has 1 amide bonds. The van der Waals surface area contributed by atoms with Gasteiger partial charge in [-0.15, -0.1) is 0 Å². The minimum absolute atomic E-state index is 0.0701. The summed E-state index contributed by atoms with van der Waals surface area (Å²) >= 11 is 0. The molecule has 19 heavy (non-hydrogen) atoms. The number of hydrogen-bond acceptors (Lipinski definition) is 1. The number of nitrogens with one attached hydrogen (secondary N) is 1. The van der Waals surface area contributed by atoms with Crippen LogP contribution in [-0.2, 0) is 0 Å². The molecule has 4 heteroatoms. The molecule has 1 N–H and O–H groups in total. The lowest BCUT2D eigenvalue weighted by Gasteiger charge is -2.34. The van der Waals surface area contributed by atoms with Crippen LogP contribution in [0.25, 0.3) is 0 Å².